The number of nitrogens with zero attached hydrogens (tertiary/aromatic N) is 4. The monoisotopic (exact) mass is 317 g/mol. The van der Waals surface area contributed by atoms with Crippen molar-refractivity contribution in [2.45, 2.75) is 13.0 Å². The molecule has 1 atom stereocenters. The van der Waals surface area contributed by atoms with Gasteiger partial charge in [-0.2, -0.15) is 5.10 Å². The zero-order valence-electron chi connectivity index (χ0n) is 11.0. The molecule has 1 aliphatic rings. The summed E-state index contributed by atoms with van der Waals surface area (Å²) in [6.45, 7) is 4.44. The Bertz CT molecular complexity index is 588. The summed E-state index contributed by atoms with van der Waals surface area (Å²) in [5.74, 6) is 0.0118. The zero-order chi connectivity index (χ0) is 12.5. The van der Waals surface area contributed by atoms with Crippen LogP contribution in [0.25, 0.3) is 5.65 Å². The molecule has 0 radical (unpaired) electrons. The second-order valence-corrected chi connectivity index (χ2v) is 4.50. The Morgan fingerprint density at radius 1 is 1.45 bits per heavy atom. The first-order valence-electron chi connectivity index (χ1n) is 6.07. The molecule has 3 rings (SSSR count). The molecule has 20 heavy (non-hydrogen) atoms. The van der Waals surface area contributed by atoms with Gasteiger partial charge in [0.15, 0.2) is 5.65 Å². The Hall–Kier alpha value is -1.37. The summed E-state index contributed by atoms with van der Waals surface area (Å²) in [4.78, 5) is 18.6. The maximum Gasteiger partial charge on any atom is 0.259 e. The Labute approximate surface area is 129 Å². The minimum absolute atomic E-state index is 0. The van der Waals surface area contributed by atoms with Crippen LogP contribution in [0.3, 0.4) is 0 Å². The summed E-state index contributed by atoms with van der Waals surface area (Å²) in [6, 6.07) is 1.99. The molecule has 2 aromatic rings. The van der Waals surface area contributed by atoms with Crippen LogP contribution in [0.5, 0.6) is 0 Å². The summed E-state index contributed by atoms with van der Waals surface area (Å²) in [5.41, 5.74) is 1.19. The molecule has 1 N–H and O–H groups in total. The van der Waals surface area contributed by atoms with Crippen molar-refractivity contribution in [3.8, 4) is 0 Å². The van der Waals surface area contributed by atoms with Gasteiger partial charge < -0.3 is 10.2 Å². The van der Waals surface area contributed by atoms with Crippen molar-refractivity contribution < 1.29 is 4.79 Å². The predicted molar refractivity (Wildman–Crippen MR) is 80.9 cm³/mol. The molecule has 1 aliphatic heterocycles. The van der Waals surface area contributed by atoms with Crippen LogP contribution in [0.15, 0.2) is 24.7 Å². The number of rotatable bonds is 1. The van der Waals surface area contributed by atoms with E-state index < -0.39 is 0 Å². The van der Waals surface area contributed by atoms with E-state index in [1.807, 2.05) is 11.8 Å². The summed E-state index contributed by atoms with van der Waals surface area (Å²) < 4.78 is 1.63. The van der Waals surface area contributed by atoms with Crippen LogP contribution in [0.4, 0.5) is 0 Å². The highest BCUT2D eigenvalue weighted by Gasteiger charge is 2.26. The van der Waals surface area contributed by atoms with Crippen molar-refractivity contribution in [2.24, 2.45) is 0 Å². The molecule has 0 aliphatic carbocycles. The lowest BCUT2D eigenvalue weighted by molar-refractivity contribution is 0.0657. The van der Waals surface area contributed by atoms with E-state index in [9.17, 15) is 4.79 Å². The lowest BCUT2D eigenvalue weighted by Crippen LogP contribution is -2.52. The molecule has 0 spiro atoms. The number of aromatic nitrogens is 3. The van der Waals surface area contributed by atoms with E-state index in [2.05, 4.69) is 15.4 Å². The SMILES string of the molecule is C[C@@H]1CNCCN1C(=O)c1cnn2cccnc12.Cl.Cl. The van der Waals surface area contributed by atoms with Gasteiger partial charge >= 0.3 is 0 Å². The van der Waals surface area contributed by atoms with Crippen molar-refractivity contribution in [1.82, 2.24) is 24.8 Å². The standard InChI is InChI=1S/C12H15N5O.2ClH/c1-9-7-13-4-6-16(9)12(18)10-8-15-17-5-2-3-14-11(10)17;;/h2-3,5,8-9,13H,4,6-7H2,1H3;2*1H/t9-;;/m1../s1. The van der Waals surface area contributed by atoms with Crippen LogP contribution in [0, 0.1) is 0 Å². The van der Waals surface area contributed by atoms with E-state index >= 15 is 0 Å². The fourth-order valence-electron chi connectivity index (χ4n) is 2.28. The molecule has 6 nitrogen and oxygen atoms in total. The third-order valence-electron chi connectivity index (χ3n) is 3.27. The fourth-order valence-corrected chi connectivity index (χ4v) is 2.28. The minimum Gasteiger partial charge on any atom is -0.333 e. The minimum atomic E-state index is 0. The smallest absolute Gasteiger partial charge is 0.259 e. The molecular weight excluding hydrogens is 301 g/mol. The molecule has 0 bridgehead atoms. The number of halogens is 2. The lowest BCUT2D eigenvalue weighted by Gasteiger charge is -2.33. The molecular formula is C12H17Cl2N5O. The van der Waals surface area contributed by atoms with Gasteiger partial charge in [-0.1, -0.05) is 0 Å². The lowest BCUT2D eigenvalue weighted by atomic mass is 10.2. The average molecular weight is 318 g/mol. The molecule has 1 fully saturated rings. The van der Waals surface area contributed by atoms with Gasteiger partial charge in [0.2, 0.25) is 0 Å². The van der Waals surface area contributed by atoms with Gasteiger partial charge in [-0.3, -0.25) is 4.79 Å². The predicted octanol–water partition coefficient (Wildman–Crippen LogP) is 1.01. The van der Waals surface area contributed by atoms with Crippen LogP contribution in [-0.2, 0) is 0 Å². The van der Waals surface area contributed by atoms with Crippen LogP contribution < -0.4 is 5.32 Å². The third kappa shape index (κ3) is 2.87. The third-order valence-corrected chi connectivity index (χ3v) is 3.27. The summed E-state index contributed by atoms with van der Waals surface area (Å²) >= 11 is 0. The number of hydrogen-bond donors (Lipinski definition) is 1. The van der Waals surface area contributed by atoms with Crippen LogP contribution in [0.1, 0.15) is 17.3 Å². The molecule has 0 saturated carbocycles. The maximum absolute atomic E-state index is 12.5. The Morgan fingerprint density at radius 2 is 2.25 bits per heavy atom. The van der Waals surface area contributed by atoms with E-state index in [1.54, 1.807) is 29.2 Å². The zero-order valence-corrected chi connectivity index (χ0v) is 12.7. The second kappa shape index (κ2) is 6.88. The number of carbonyl (C=O) groups is 1. The number of hydrogen-bond acceptors (Lipinski definition) is 4. The van der Waals surface area contributed by atoms with Crippen molar-refractivity contribution in [3.63, 3.8) is 0 Å². The summed E-state index contributed by atoms with van der Waals surface area (Å²) in [5, 5.41) is 7.42. The number of nitrogens with one attached hydrogen (secondary N) is 1. The highest BCUT2D eigenvalue weighted by atomic mass is 35.5. The van der Waals surface area contributed by atoms with Gasteiger partial charge in [0, 0.05) is 38.1 Å². The van der Waals surface area contributed by atoms with Crippen molar-refractivity contribution in [2.75, 3.05) is 19.6 Å². The van der Waals surface area contributed by atoms with E-state index in [4.69, 9.17) is 0 Å². The van der Waals surface area contributed by atoms with Crippen molar-refractivity contribution in [1.29, 1.82) is 0 Å². The largest absolute Gasteiger partial charge is 0.333 e. The van der Waals surface area contributed by atoms with Gasteiger partial charge in [-0.05, 0) is 13.0 Å². The first-order valence-corrected chi connectivity index (χ1v) is 6.07. The van der Waals surface area contributed by atoms with Crippen LogP contribution >= 0.6 is 24.8 Å². The first kappa shape index (κ1) is 16.7. The highest BCUT2D eigenvalue weighted by Crippen LogP contribution is 2.13. The van der Waals surface area contributed by atoms with Gasteiger partial charge in [0.25, 0.3) is 5.91 Å². The fraction of sp³-hybridized carbons (Fsp3) is 0.417. The van der Waals surface area contributed by atoms with Gasteiger partial charge in [-0.25, -0.2) is 9.50 Å². The molecule has 0 aromatic carbocycles. The number of fused-ring (bicyclic) bond motifs is 1. The van der Waals surface area contributed by atoms with E-state index in [0.29, 0.717) is 11.2 Å². The Balaban J connectivity index is 0.000001000. The molecule has 110 valence electrons. The van der Waals surface area contributed by atoms with E-state index in [0.717, 1.165) is 19.6 Å². The van der Waals surface area contributed by atoms with E-state index in [-0.39, 0.29) is 36.8 Å². The average Bonchev–Trinajstić information content (AvgIpc) is 2.82. The van der Waals surface area contributed by atoms with Crippen molar-refractivity contribution >= 4 is 36.4 Å². The summed E-state index contributed by atoms with van der Waals surface area (Å²) in [6.07, 6.45) is 5.06. The molecule has 2 aromatic heterocycles. The molecule has 3 heterocycles. The molecule has 1 saturated heterocycles. The number of carbonyl (C=O) groups excluding carboxylic acids is 1. The Kier molecular flexibility index (Phi) is 5.74. The summed E-state index contributed by atoms with van der Waals surface area (Å²) in [7, 11) is 0. The Morgan fingerprint density at radius 3 is 3.00 bits per heavy atom. The van der Waals surface area contributed by atoms with Crippen molar-refractivity contribution in [3.05, 3.63) is 30.2 Å². The van der Waals surface area contributed by atoms with Crippen LogP contribution in [0.2, 0.25) is 0 Å². The van der Waals surface area contributed by atoms with Gasteiger partial charge in [0.1, 0.15) is 5.56 Å². The maximum atomic E-state index is 12.5. The first-order chi connectivity index (χ1) is 8.77. The highest BCUT2D eigenvalue weighted by molar-refractivity contribution is 5.99. The quantitative estimate of drug-likeness (QED) is 0.852. The van der Waals surface area contributed by atoms with Crippen LogP contribution in [-0.4, -0.2) is 51.1 Å². The molecule has 0 unspecified atom stereocenters. The van der Waals surface area contributed by atoms with Gasteiger partial charge in [0.05, 0.1) is 6.20 Å². The second-order valence-electron chi connectivity index (χ2n) is 4.50. The number of amides is 1. The normalized spacial score (nSPS) is 18.2. The van der Waals surface area contributed by atoms with E-state index in [1.165, 1.54) is 0 Å². The topological polar surface area (TPSA) is 62.5 Å². The molecule has 8 heteroatoms. The van der Waals surface area contributed by atoms with Gasteiger partial charge in [-0.15, -0.1) is 24.8 Å². The number of piperazine rings is 1. The molecule has 1 amide bonds.